The lowest BCUT2D eigenvalue weighted by molar-refractivity contribution is -0.384. The molecule has 0 unspecified atom stereocenters. The Balaban J connectivity index is 3.39. The number of halogens is 2. The first-order valence-corrected chi connectivity index (χ1v) is 4.00. The van der Waals surface area contributed by atoms with Crippen molar-refractivity contribution in [3.63, 3.8) is 0 Å². The van der Waals surface area contributed by atoms with Crippen molar-refractivity contribution >= 4 is 34.6 Å². The fourth-order valence-corrected chi connectivity index (χ4v) is 1.35. The van der Waals surface area contributed by atoms with Gasteiger partial charge in [0.25, 0.3) is 5.69 Å². The summed E-state index contributed by atoms with van der Waals surface area (Å²) in [5, 5.41) is 13.5. The van der Waals surface area contributed by atoms with E-state index in [1.54, 1.807) is 0 Å². The minimum Gasteiger partial charge on any atom is -0.258 e. The van der Waals surface area contributed by atoms with Crippen LogP contribution in [0.1, 0.15) is 0 Å². The molecule has 0 heterocycles. The molecule has 0 N–H and O–H groups in total. The Morgan fingerprint density at radius 2 is 1.93 bits per heavy atom. The molecule has 0 bridgehead atoms. The maximum Gasteiger partial charge on any atom is 0.272 e. The molecule has 72 valence electrons. The molecule has 0 aliphatic rings. The van der Waals surface area contributed by atoms with Crippen LogP contribution in [-0.2, 0) is 0 Å². The first-order valence-electron chi connectivity index (χ1n) is 3.25. The molecule has 0 saturated carbocycles. The molecule has 0 atom stereocenters. The van der Waals surface area contributed by atoms with Gasteiger partial charge >= 0.3 is 0 Å². The summed E-state index contributed by atoms with van der Waals surface area (Å²) < 4.78 is 0. The number of nitrogens with zero attached hydrogens (tertiary/aromatic N) is 4. The van der Waals surface area contributed by atoms with E-state index in [0.29, 0.717) is 0 Å². The molecule has 0 amide bonds. The van der Waals surface area contributed by atoms with Crippen LogP contribution < -0.4 is 0 Å². The Kier molecular flexibility index (Phi) is 3.14. The van der Waals surface area contributed by atoms with Crippen molar-refractivity contribution in [1.82, 2.24) is 0 Å². The Morgan fingerprint density at radius 1 is 1.43 bits per heavy atom. The molecule has 0 saturated heterocycles. The summed E-state index contributed by atoms with van der Waals surface area (Å²) >= 11 is 11.2. The topological polar surface area (TPSA) is 91.9 Å². The van der Waals surface area contributed by atoms with Crippen LogP contribution in [0.4, 0.5) is 11.4 Å². The highest BCUT2D eigenvalue weighted by molar-refractivity contribution is 6.39. The fraction of sp³-hybridized carbons (Fsp3) is 0. The molecule has 14 heavy (non-hydrogen) atoms. The van der Waals surface area contributed by atoms with Crippen LogP contribution in [0.15, 0.2) is 17.2 Å². The van der Waals surface area contributed by atoms with Crippen LogP contribution in [0.5, 0.6) is 0 Å². The molecule has 1 rings (SSSR count). The van der Waals surface area contributed by atoms with E-state index >= 15 is 0 Å². The van der Waals surface area contributed by atoms with Crippen LogP contribution in [0.25, 0.3) is 10.4 Å². The van der Waals surface area contributed by atoms with Gasteiger partial charge in [0, 0.05) is 17.0 Å². The highest BCUT2D eigenvalue weighted by atomic mass is 35.5. The van der Waals surface area contributed by atoms with Gasteiger partial charge in [-0.3, -0.25) is 10.1 Å². The number of nitro benzene ring substituents is 1. The van der Waals surface area contributed by atoms with Gasteiger partial charge in [0.2, 0.25) is 0 Å². The molecular weight excluding hydrogens is 231 g/mol. The van der Waals surface area contributed by atoms with Crippen molar-refractivity contribution in [1.29, 1.82) is 0 Å². The van der Waals surface area contributed by atoms with Gasteiger partial charge in [-0.25, -0.2) is 0 Å². The van der Waals surface area contributed by atoms with Crippen molar-refractivity contribution in [2.24, 2.45) is 5.11 Å². The van der Waals surface area contributed by atoms with Crippen LogP contribution in [0.2, 0.25) is 10.0 Å². The zero-order chi connectivity index (χ0) is 10.7. The third-order valence-electron chi connectivity index (χ3n) is 1.36. The van der Waals surface area contributed by atoms with E-state index in [1.807, 2.05) is 0 Å². The van der Waals surface area contributed by atoms with Gasteiger partial charge in [-0.15, -0.1) is 0 Å². The third-order valence-corrected chi connectivity index (χ3v) is 1.93. The van der Waals surface area contributed by atoms with Crippen molar-refractivity contribution in [3.8, 4) is 0 Å². The summed E-state index contributed by atoms with van der Waals surface area (Å²) in [5.74, 6) is 0. The Hall–Kier alpha value is -1.49. The van der Waals surface area contributed by atoms with Crippen LogP contribution in [0, 0.1) is 10.1 Å². The van der Waals surface area contributed by atoms with Crippen LogP contribution >= 0.6 is 23.2 Å². The zero-order valence-corrected chi connectivity index (χ0v) is 8.03. The average Bonchev–Trinajstić information content (AvgIpc) is 2.10. The zero-order valence-electron chi connectivity index (χ0n) is 6.52. The van der Waals surface area contributed by atoms with E-state index in [2.05, 4.69) is 10.0 Å². The van der Waals surface area contributed by atoms with Gasteiger partial charge in [0.05, 0.1) is 20.7 Å². The molecule has 8 heteroatoms. The van der Waals surface area contributed by atoms with Gasteiger partial charge in [-0.05, 0) is 5.53 Å². The summed E-state index contributed by atoms with van der Waals surface area (Å²) in [7, 11) is 0. The predicted octanol–water partition coefficient (Wildman–Crippen LogP) is 3.84. The minimum absolute atomic E-state index is 0.0126. The largest absolute Gasteiger partial charge is 0.272 e. The normalized spacial score (nSPS) is 9.29. The lowest BCUT2D eigenvalue weighted by atomic mass is 10.3. The van der Waals surface area contributed by atoms with E-state index in [0.717, 1.165) is 12.1 Å². The Bertz CT molecular complexity index is 418. The molecule has 0 aliphatic heterocycles. The van der Waals surface area contributed by atoms with E-state index in [9.17, 15) is 10.1 Å². The maximum atomic E-state index is 10.4. The average molecular weight is 233 g/mol. The van der Waals surface area contributed by atoms with Gasteiger partial charge in [-0.2, -0.15) is 0 Å². The maximum absolute atomic E-state index is 10.4. The standard InChI is InChI=1S/C6H2Cl2N4O2/c7-4-1-3(12(13)14)2-5(8)6(4)10-11-9/h1-2H. The molecule has 0 aromatic heterocycles. The molecule has 0 spiro atoms. The molecule has 0 aliphatic carbocycles. The van der Waals surface area contributed by atoms with Crippen molar-refractivity contribution in [3.05, 3.63) is 42.7 Å². The van der Waals surface area contributed by atoms with Crippen LogP contribution in [-0.4, -0.2) is 4.92 Å². The smallest absolute Gasteiger partial charge is 0.258 e. The van der Waals surface area contributed by atoms with Gasteiger partial charge in [0.15, 0.2) is 0 Å². The molecule has 1 aromatic rings. The van der Waals surface area contributed by atoms with Gasteiger partial charge < -0.3 is 0 Å². The summed E-state index contributed by atoms with van der Waals surface area (Å²) in [6, 6.07) is 2.13. The molecule has 6 nitrogen and oxygen atoms in total. The SMILES string of the molecule is [N-]=[N+]=Nc1c(Cl)cc([N+](=O)[O-])cc1Cl. The van der Waals surface area contributed by atoms with Crippen LogP contribution in [0.3, 0.4) is 0 Å². The van der Waals surface area contributed by atoms with Crippen molar-refractivity contribution < 1.29 is 4.92 Å². The number of hydrogen-bond acceptors (Lipinski definition) is 3. The van der Waals surface area contributed by atoms with E-state index in [4.69, 9.17) is 28.7 Å². The minimum atomic E-state index is -0.641. The summed E-state index contributed by atoms with van der Waals surface area (Å²) in [6.07, 6.45) is 0. The second-order valence-electron chi connectivity index (χ2n) is 2.20. The Labute approximate surface area is 87.8 Å². The third kappa shape index (κ3) is 2.05. The highest BCUT2D eigenvalue weighted by Crippen LogP contribution is 2.36. The lowest BCUT2D eigenvalue weighted by Gasteiger charge is -1.99. The summed E-state index contributed by atoms with van der Waals surface area (Å²) in [5.41, 5.74) is 7.89. The monoisotopic (exact) mass is 232 g/mol. The number of rotatable bonds is 2. The number of hydrogen-bond donors (Lipinski definition) is 0. The van der Waals surface area contributed by atoms with E-state index < -0.39 is 4.92 Å². The number of non-ortho nitro benzene ring substituents is 1. The van der Waals surface area contributed by atoms with Gasteiger partial charge in [0.1, 0.15) is 0 Å². The van der Waals surface area contributed by atoms with E-state index in [1.165, 1.54) is 0 Å². The fourth-order valence-electron chi connectivity index (χ4n) is 0.798. The second-order valence-corrected chi connectivity index (χ2v) is 3.02. The first-order chi connectivity index (χ1) is 6.56. The number of nitro groups is 1. The number of azide groups is 1. The van der Waals surface area contributed by atoms with Crippen molar-refractivity contribution in [2.75, 3.05) is 0 Å². The summed E-state index contributed by atoms with van der Waals surface area (Å²) in [6.45, 7) is 0. The van der Waals surface area contributed by atoms with Gasteiger partial charge in [-0.1, -0.05) is 28.3 Å². The first kappa shape index (κ1) is 10.6. The highest BCUT2D eigenvalue weighted by Gasteiger charge is 2.13. The number of benzene rings is 1. The molecule has 0 fully saturated rings. The lowest BCUT2D eigenvalue weighted by Crippen LogP contribution is -1.87. The van der Waals surface area contributed by atoms with Crippen molar-refractivity contribution in [2.45, 2.75) is 0 Å². The molecular formula is C6H2Cl2N4O2. The quantitative estimate of drug-likeness (QED) is 0.255. The Morgan fingerprint density at radius 3 is 2.29 bits per heavy atom. The second kappa shape index (κ2) is 4.15. The predicted molar refractivity (Wildman–Crippen MR) is 51.9 cm³/mol. The molecule has 1 aromatic carbocycles. The molecule has 0 radical (unpaired) electrons. The van der Waals surface area contributed by atoms with E-state index in [-0.39, 0.29) is 21.4 Å². The summed E-state index contributed by atoms with van der Waals surface area (Å²) in [4.78, 5) is 12.2.